The Balaban J connectivity index is 1.55. The summed E-state index contributed by atoms with van der Waals surface area (Å²) in [5.41, 5.74) is 1.40. The first kappa shape index (κ1) is 14.4. The largest absolute Gasteiger partial charge is 0.428 e. The van der Waals surface area contributed by atoms with Crippen LogP contribution in [0.5, 0.6) is 0 Å². The molecule has 1 aromatic rings. The van der Waals surface area contributed by atoms with Crippen LogP contribution in [-0.2, 0) is 4.84 Å². The molecule has 21 heavy (non-hydrogen) atoms. The molecule has 0 radical (unpaired) electrons. The lowest BCUT2D eigenvalue weighted by Gasteiger charge is -2.36. The molecular formula is C17H24N2O2. The van der Waals surface area contributed by atoms with Crippen molar-refractivity contribution in [1.29, 1.82) is 0 Å². The van der Waals surface area contributed by atoms with Gasteiger partial charge in [0, 0.05) is 25.7 Å². The van der Waals surface area contributed by atoms with Gasteiger partial charge in [0.2, 0.25) is 0 Å². The first-order chi connectivity index (χ1) is 10.2. The van der Waals surface area contributed by atoms with E-state index in [0.29, 0.717) is 5.92 Å². The standard InChI is InChI=1S/C17H24N2O2/c1-14-13-16(15-7-3-2-4-8-15)9-12-19(14)21-17(20)18-10-5-6-11-18/h2-4,7-8,14,16H,5-6,9-13H2,1H3. The van der Waals surface area contributed by atoms with Gasteiger partial charge in [0.25, 0.3) is 0 Å². The van der Waals surface area contributed by atoms with E-state index in [1.165, 1.54) is 5.56 Å². The van der Waals surface area contributed by atoms with Crippen molar-refractivity contribution in [2.24, 2.45) is 0 Å². The lowest BCUT2D eigenvalue weighted by atomic mass is 9.87. The van der Waals surface area contributed by atoms with Gasteiger partial charge in [-0.15, -0.1) is 5.06 Å². The van der Waals surface area contributed by atoms with E-state index in [9.17, 15) is 4.79 Å². The zero-order valence-corrected chi connectivity index (χ0v) is 12.7. The molecule has 2 heterocycles. The zero-order chi connectivity index (χ0) is 14.7. The van der Waals surface area contributed by atoms with E-state index < -0.39 is 0 Å². The molecule has 2 unspecified atom stereocenters. The maximum absolute atomic E-state index is 12.1. The minimum atomic E-state index is -0.169. The Morgan fingerprint density at radius 1 is 1.14 bits per heavy atom. The van der Waals surface area contributed by atoms with Crippen LogP contribution in [0.2, 0.25) is 0 Å². The van der Waals surface area contributed by atoms with Crippen LogP contribution in [0, 0.1) is 0 Å². The van der Waals surface area contributed by atoms with Gasteiger partial charge in [-0.2, -0.15) is 0 Å². The summed E-state index contributed by atoms with van der Waals surface area (Å²) in [6.07, 6.45) is 4.11. The highest BCUT2D eigenvalue weighted by molar-refractivity contribution is 5.67. The number of carbonyl (C=O) groups excluding carboxylic acids is 1. The predicted molar refractivity (Wildman–Crippen MR) is 81.9 cm³/mol. The van der Waals surface area contributed by atoms with E-state index >= 15 is 0 Å². The molecule has 1 aromatic carbocycles. The Bertz CT molecular complexity index is 471. The number of carbonyl (C=O) groups is 1. The molecule has 0 bridgehead atoms. The van der Waals surface area contributed by atoms with Gasteiger partial charge in [-0.05, 0) is 44.1 Å². The van der Waals surface area contributed by atoms with Crippen LogP contribution >= 0.6 is 0 Å². The monoisotopic (exact) mass is 288 g/mol. The number of hydroxylamine groups is 2. The summed E-state index contributed by atoms with van der Waals surface area (Å²) in [7, 11) is 0. The lowest BCUT2D eigenvalue weighted by Crippen LogP contribution is -2.44. The highest BCUT2D eigenvalue weighted by atomic mass is 16.7. The average Bonchev–Trinajstić information content (AvgIpc) is 3.04. The quantitative estimate of drug-likeness (QED) is 0.836. The van der Waals surface area contributed by atoms with Crippen molar-refractivity contribution in [2.75, 3.05) is 19.6 Å². The van der Waals surface area contributed by atoms with Gasteiger partial charge in [-0.3, -0.25) is 0 Å². The second kappa shape index (κ2) is 6.48. The third kappa shape index (κ3) is 3.38. The van der Waals surface area contributed by atoms with E-state index in [1.807, 2.05) is 9.96 Å². The van der Waals surface area contributed by atoms with Crippen LogP contribution in [0.3, 0.4) is 0 Å². The van der Waals surface area contributed by atoms with E-state index in [2.05, 4.69) is 37.3 Å². The minimum absolute atomic E-state index is 0.169. The Morgan fingerprint density at radius 2 is 1.86 bits per heavy atom. The van der Waals surface area contributed by atoms with Gasteiger partial charge >= 0.3 is 6.09 Å². The van der Waals surface area contributed by atoms with Crippen LogP contribution in [0.4, 0.5) is 4.79 Å². The summed E-state index contributed by atoms with van der Waals surface area (Å²) < 4.78 is 0. The van der Waals surface area contributed by atoms with Crippen molar-refractivity contribution >= 4 is 6.09 Å². The van der Waals surface area contributed by atoms with Crippen LogP contribution in [0.1, 0.15) is 44.1 Å². The molecule has 0 aliphatic carbocycles. The van der Waals surface area contributed by atoms with Gasteiger partial charge in [-0.1, -0.05) is 30.3 Å². The van der Waals surface area contributed by atoms with Crippen molar-refractivity contribution in [2.45, 2.75) is 44.6 Å². The van der Waals surface area contributed by atoms with Crippen molar-refractivity contribution in [3.63, 3.8) is 0 Å². The number of hydrogen-bond acceptors (Lipinski definition) is 3. The number of hydrogen-bond donors (Lipinski definition) is 0. The van der Waals surface area contributed by atoms with Crippen molar-refractivity contribution in [3.05, 3.63) is 35.9 Å². The van der Waals surface area contributed by atoms with E-state index in [4.69, 9.17) is 4.84 Å². The zero-order valence-electron chi connectivity index (χ0n) is 12.7. The van der Waals surface area contributed by atoms with Crippen molar-refractivity contribution in [3.8, 4) is 0 Å². The fourth-order valence-corrected chi connectivity index (χ4v) is 3.37. The molecule has 3 rings (SSSR count). The molecule has 2 fully saturated rings. The molecule has 4 nitrogen and oxygen atoms in total. The number of amides is 1. The Kier molecular flexibility index (Phi) is 4.44. The fraction of sp³-hybridized carbons (Fsp3) is 0.588. The van der Waals surface area contributed by atoms with Crippen LogP contribution in [-0.4, -0.2) is 41.7 Å². The molecule has 2 atom stereocenters. The molecule has 114 valence electrons. The summed E-state index contributed by atoms with van der Waals surface area (Å²) in [5, 5.41) is 1.88. The summed E-state index contributed by atoms with van der Waals surface area (Å²) in [6, 6.07) is 10.9. The predicted octanol–water partition coefficient (Wildman–Crippen LogP) is 3.40. The molecule has 1 amide bonds. The second-order valence-corrected chi connectivity index (χ2v) is 6.17. The number of likely N-dealkylation sites (tertiary alicyclic amines) is 1. The SMILES string of the molecule is CC1CC(c2ccccc2)CCN1OC(=O)N1CCCC1. The van der Waals surface area contributed by atoms with E-state index in [-0.39, 0.29) is 12.1 Å². The highest BCUT2D eigenvalue weighted by Crippen LogP contribution is 2.31. The smallest absolute Gasteiger partial charge is 0.351 e. The van der Waals surface area contributed by atoms with E-state index in [1.54, 1.807) is 0 Å². The highest BCUT2D eigenvalue weighted by Gasteiger charge is 2.30. The van der Waals surface area contributed by atoms with Gasteiger partial charge in [0.15, 0.2) is 0 Å². The normalized spacial score (nSPS) is 26.8. The minimum Gasteiger partial charge on any atom is -0.351 e. The van der Waals surface area contributed by atoms with Crippen LogP contribution < -0.4 is 0 Å². The molecule has 2 saturated heterocycles. The van der Waals surface area contributed by atoms with Gasteiger partial charge in [-0.25, -0.2) is 4.79 Å². The lowest BCUT2D eigenvalue weighted by molar-refractivity contribution is -0.151. The Morgan fingerprint density at radius 3 is 2.52 bits per heavy atom. The van der Waals surface area contributed by atoms with Gasteiger partial charge in [0.1, 0.15) is 0 Å². The molecular weight excluding hydrogens is 264 g/mol. The molecule has 0 aromatic heterocycles. The fourth-order valence-electron chi connectivity index (χ4n) is 3.37. The summed E-state index contributed by atoms with van der Waals surface area (Å²) in [4.78, 5) is 19.5. The first-order valence-electron chi connectivity index (χ1n) is 8.02. The van der Waals surface area contributed by atoms with Crippen molar-refractivity contribution in [1.82, 2.24) is 9.96 Å². The number of rotatable bonds is 2. The maximum Gasteiger partial charge on any atom is 0.428 e. The third-order valence-corrected chi connectivity index (χ3v) is 4.65. The molecule has 2 aliphatic rings. The molecule has 2 aliphatic heterocycles. The first-order valence-corrected chi connectivity index (χ1v) is 8.02. The molecule has 0 N–H and O–H groups in total. The second-order valence-electron chi connectivity index (χ2n) is 6.17. The van der Waals surface area contributed by atoms with Gasteiger partial charge in [0.05, 0.1) is 0 Å². The number of benzene rings is 1. The Labute approximate surface area is 126 Å². The number of piperidine rings is 1. The maximum atomic E-state index is 12.1. The van der Waals surface area contributed by atoms with Crippen molar-refractivity contribution < 1.29 is 9.63 Å². The summed E-state index contributed by atoms with van der Waals surface area (Å²) >= 11 is 0. The summed E-state index contributed by atoms with van der Waals surface area (Å²) in [6.45, 7) is 4.65. The molecule has 4 heteroatoms. The Hall–Kier alpha value is -1.55. The average molecular weight is 288 g/mol. The topological polar surface area (TPSA) is 32.8 Å². The van der Waals surface area contributed by atoms with Crippen LogP contribution in [0.15, 0.2) is 30.3 Å². The van der Waals surface area contributed by atoms with Crippen LogP contribution in [0.25, 0.3) is 0 Å². The van der Waals surface area contributed by atoms with Gasteiger partial charge < -0.3 is 9.74 Å². The summed E-state index contributed by atoms with van der Waals surface area (Å²) in [5.74, 6) is 0.572. The van der Waals surface area contributed by atoms with E-state index in [0.717, 1.165) is 45.3 Å². The number of nitrogens with zero attached hydrogens (tertiary/aromatic N) is 2. The third-order valence-electron chi connectivity index (χ3n) is 4.65. The molecule has 0 spiro atoms. The molecule has 0 saturated carbocycles.